The first-order chi connectivity index (χ1) is 10.6. The second-order valence-electron chi connectivity index (χ2n) is 5.06. The Kier molecular flexibility index (Phi) is 6.39. The minimum absolute atomic E-state index is 0.0412. The molecule has 0 atom stereocenters. The maximum atomic E-state index is 12.0. The molecule has 2 aromatic rings. The predicted octanol–water partition coefficient (Wildman–Crippen LogP) is 4.48. The lowest BCUT2D eigenvalue weighted by molar-refractivity contribution is -0.113. The average Bonchev–Trinajstić information content (AvgIpc) is 2.96. The number of thioether (sulfide) groups is 1. The normalized spacial score (nSPS) is 10.9. The highest BCUT2D eigenvalue weighted by Gasteiger charge is 2.14. The summed E-state index contributed by atoms with van der Waals surface area (Å²) in [7, 11) is 0. The van der Waals surface area contributed by atoms with Crippen LogP contribution in [0.3, 0.4) is 0 Å². The van der Waals surface area contributed by atoms with Crippen LogP contribution in [-0.4, -0.2) is 21.9 Å². The number of hydrogen-bond acceptors (Lipinski definition) is 5. The van der Waals surface area contributed by atoms with Gasteiger partial charge in [0.2, 0.25) is 11.0 Å². The summed E-state index contributed by atoms with van der Waals surface area (Å²) in [5.41, 5.74) is 1.19. The minimum atomic E-state index is -0.0412. The molecule has 118 valence electrons. The van der Waals surface area contributed by atoms with Crippen molar-refractivity contribution in [2.24, 2.45) is 0 Å². The van der Waals surface area contributed by atoms with Gasteiger partial charge in [0.15, 0.2) is 0 Å². The Balaban J connectivity index is 1.88. The molecule has 1 aromatic carbocycles. The number of nitrogens with zero attached hydrogens (tertiary/aromatic N) is 2. The largest absolute Gasteiger partial charge is 0.300 e. The van der Waals surface area contributed by atoms with Gasteiger partial charge in [0.25, 0.3) is 0 Å². The monoisotopic (exact) mass is 335 g/mol. The van der Waals surface area contributed by atoms with Gasteiger partial charge in [0.05, 0.1) is 5.75 Å². The van der Waals surface area contributed by atoms with Crippen molar-refractivity contribution >= 4 is 34.1 Å². The van der Waals surface area contributed by atoms with E-state index in [0.29, 0.717) is 16.8 Å². The van der Waals surface area contributed by atoms with Gasteiger partial charge in [-0.1, -0.05) is 43.4 Å². The van der Waals surface area contributed by atoms with Gasteiger partial charge in [-0.15, -0.1) is 22.0 Å². The fourth-order valence-electron chi connectivity index (χ4n) is 2.11. The van der Waals surface area contributed by atoms with Crippen molar-refractivity contribution in [2.75, 3.05) is 11.1 Å². The minimum Gasteiger partial charge on any atom is -0.300 e. The first-order valence-electron chi connectivity index (χ1n) is 7.45. The van der Waals surface area contributed by atoms with Gasteiger partial charge in [-0.3, -0.25) is 10.1 Å². The van der Waals surface area contributed by atoms with E-state index in [9.17, 15) is 4.79 Å². The number of aryl methyl sites for hydroxylation is 1. The molecule has 22 heavy (non-hydrogen) atoms. The Morgan fingerprint density at radius 1 is 1.27 bits per heavy atom. The number of carbonyl (C=O) groups excluding carboxylic acids is 1. The maximum Gasteiger partial charge on any atom is 0.236 e. The molecular weight excluding hydrogens is 314 g/mol. The Morgan fingerprint density at radius 2 is 2.00 bits per heavy atom. The average molecular weight is 335 g/mol. The zero-order chi connectivity index (χ0) is 15.9. The highest BCUT2D eigenvalue weighted by atomic mass is 32.2. The fourth-order valence-corrected chi connectivity index (χ4v) is 3.96. The number of nitrogens with one attached hydrogen (secondary N) is 1. The van der Waals surface area contributed by atoms with E-state index in [-0.39, 0.29) is 5.91 Å². The van der Waals surface area contributed by atoms with Crippen LogP contribution in [0.15, 0.2) is 29.2 Å². The van der Waals surface area contributed by atoms with Gasteiger partial charge in [-0.25, -0.2) is 0 Å². The van der Waals surface area contributed by atoms with Crippen molar-refractivity contribution in [1.29, 1.82) is 0 Å². The molecule has 0 spiro atoms. The van der Waals surface area contributed by atoms with Gasteiger partial charge in [0, 0.05) is 10.8 Å². The van der Waals surface area contributed by atoms with Crippen molar-refractivity contribution in [3.8, 4) is 0 Å². The molecule has 1 N–H and O–H groups in total. The van der Waals surface area contributed by atoms with E-state index in [1.165, 1.54) is 16.9 Å². The van der Waals surface area contributed by atoms with Crippen molar-refractivity contribution in [1.82, 2.24) is 10.2 Å². The van der Waals surface area contributed by atoms with E-state index in [4.69, 9.17) is 0 Å². The number of amides is 1. The topological polar surface area (TPSA) is 54.9 Å². The van der Waals surface area contributed by atoms with Crippen LogP contribution in [0.4, 0.5) is 5.13 Å². The molecule has 2 rings (SSSR count). The van der Waals surface area contributed by atoms with Crippen LogP contribution in [-0.2, 0) is 4.79 Å². The van der Waals surface area contributed by atoms with Crippen LogP contribution >= 0.6 is 23.1 Å². The van der Waals surface area contributed by atoms with Gasteiger partial charge >= 0.3 is 0 Å². The molecule has 4 nitrogen and oxygen atoms in total. The van der Waals surface area contributed by atoms with E-state index >= 15 is 0 Å². The number of benzene rings is 1. The van der Waals surface area contributed by atoms with Gasteiger partial charge < -0.3 is 0 Å². The Labute approximate surface area is 139 Å². The Hall–Kier alpha value is -1.40. The van der Waals surface area contributed by atoms with Crippen LogP contribution in [0.1, 0.15) is 43.2 Å². The van der Waals surface area contributed by atoms with Gasteiger partial charge in [-0.05, 0) is 31.4 Å². The summed E-state index contributed by atoms with van der Waals surface area (Å²) in [6.45, 7) is 6.34. The standard InChI is InChI=1S/C16H21N3OS2/c1-4-12(5-2)15-18-19-16(22-15)17-14(20)10-21-13-9-7-6-8-11(13)3/h6-9,12H,4-5,10H2,1-3H3,(H,17,19,20). The predicted molar refractivity (Wildman–Crippen MR) is 93.8 cm³/mol. The molecule has 0 aliphatic heterocycles. The summed E-state index contributed by atoms with van der Waals surface area (Å²) in [6, 6.07) is 8.07. The molecule has 0 fully saturated rings. The summed E-state index contributed by atoms with van der Waals surface area (Å²) in [5.74, 6) is 0.773. The number of anilines is 1. The van der Waals surface area contributed by atoms with Crippen molar-refractivity contribution in [2.45, 2.75) is 44.4 Å². The number of rotatable bonds is 7. The van der Waals surface area contributed by atoms with E-state index in [1.54, 1.807) is 11.8 Å². The number of hydrogen-bond donors (Lipinski definition) is 1. The first-order valence-corrected chi connectivity index (χ1v) is 9.25. The molecule has 1 amide bonds. The first kappa shape index (κ1) is 17.0. The van der Waals surface area contributed by atoms with Crippen molar-refractivity contribution in [3.63, 3.8) is 0 Å². The van der Waals surface area contributed by atoms with Gasteiger partial charge in [-0.2, -0.15) is 0 Å². The number of carbonyl (C=O) groups is 1. The third kappa shape index (κ3) is 4.55. The second-order valence-corrected chi connectivity index (χ2v) is 7.09. The lowest BCUT2D eigenvalue weighted by Crippen LogP contribution is -2.13. The molecule has 0 saturated heterocycles. The smallest absolute Gasteiger partial charge is 0.236 e. The zero-order valence-electron chi connectivity index (χ0n) is 13.1. The molecule has 0 radical (unpaired) electrons. The van der Waals surface area contributed by atoms with Crippen LogP contribution in [0.5, 0.6) is 0 Å². The SMILES string of the molecule is CCC(CC)c1nnc(NC(=O)CSc2ccccc2C)s1. The van der Waals surface area contributed by atoms with E-state index in [0.717, 1.165) is 22.7 Å². The number of aromatic nitrogens is 2. The van der Waals surface area contributed by atoms with Gasteiger partial charge in [0.1, 0.15) is 5.01 Å². The highest BCUT2D eigenvalue weighted by Crippen LogP contribution is 2.28. The van der Waals surface area contributed by atoms with E-state index in [1.807, 2.05) is 31.2 Å². The summed E-state index contributed by atoms with van der Waals surface area (Å²) < 4.78 is 0. The highest BCUT2D eigenvalue weighted by molar-refractivity contribution is 8.00. The molecule has 0 saturated carbocycles. The lowest BCUT2D eigenvalue weighted by atomic mass is 10.1. The molecule has 0 aliphatic carbocycles. The summed E-state index contributed by atoms with van der Waals surface area (Å²) in [6.07, 6.45) is 2.09. The van der Waals surface area contributed by atoms with E-state index < -0.39 is 0 Å². The summed E-state index contributed by atoms with van der Waals surface area (Å²) >= 11 is 3.02. The Morgan fingerprint density at radius 3 is 2.68 bits per heavy atom. The third-order valence-corrected chi connectivity index (χ3v) is 5.65. The molecule has 0 aliphatic rings. The molecular formula is C16H21N3OS2. The summed E-state index contributed by atoms with van der Waals surface area (Å²) in [4.78, 5) is 13.2. The van der Waals surface area contributed by atoms with Crippen LogP contribution in [0, 0.1) is 6.92 Å². The molecule has 1 heterocycles. The molecule has 0 bridgehead atoms. The summed E-state index contributed by atoms with van der Waals surface area (Å²) in [5, 5.41) is 12.7. The molecule has 1 aromatic heterocycles. The van der Waals surface area contributed by atoms with Crippen LogP contribution < -0.4 is 5.32 Å². The zero-order valence-corrected chi connectivity index (χ0v) is 14.8. The van der Waals surface area contributed by atoms with Crippen molar-refractivity contribution in [3.05, 3.63) is 34.8 Å². The molecule has 6 heteroatoms. The third-order valence-electron chi connectivity index (χ3n) is 3.47. The lowest BCUT2D eigenvalue weighted by Gasteiger charge is -2.06. The van der Waals surface area contributed by atoms with E-state index in [2.05, 4.69) is 29.4 Å². The van der Waals surface area contributed by atoms with Crippen molar-refractivity contribution < 1.29 is 4.79 Å². The fraction of sp³-hybridized carbons (Fsp3) is 0.438. The van der Waals surface area contributed by atoms with Crippen LogP contribution in [0.2, 0.25) is 0 Å². The molecule has 0 unspecified atom stereocenters. The Bertz CT molecular complexity index is 623. The van der Waals surface area contributed by atoms with Crippen LogP contribution in [0.25, 0.3) is 0 Å². The second kappa shape index (κ2) is 8.29. The quantitative estimate of drug-likeness (QED) is 0.758. The maximum absolute atomic E-state index is 12.0.